The molecule has 0 spiro atoms. The minimum atomic E-state index is 0.281. The molecule has 0 radical (unpaired) electrons. The first-order chi connectivity index (χ1) is 13.7. The van der Waals surface area contributed by atoms with Crippen LogP contribution in [0.15, 0.2) is 66.7 Å². The molecular formula is C26H30N2. The fourth-order valence-electron chi connectivity index (χ4n) is 3.47. The lowest BCUT2D eigenvalue weighted by atomic mass is 9.99. The summed E-state index contributed by atoms with van der Waals surface area (Å²) in [4.78, 5) is 2.32. The van der Waals surface area contributed by atoms with Gasteiger partial charge in [0, 0.05) is 18.2 Å². The Morgan fingerprint density at radius 1 is 0.929 bits per heavy atom. The van der Waals surface area contributed by atoms with Gasteiger partial charge in [-0.05, 0) is 54.0 Å². The Morgan fingerprint density at radius 2 is 1.68 bits per heavy atom. The van der Waals surface area contributed by atoms with Crippen molar-refractivity contribution in [1.29, 1.82) is 0 Å². The quantitative estimate of drug-likeness (QED) is 0.561. The second-order valence-corrected chi connectivity index (χ2v) is 7.13. The van der Waals surface area contributed by atoms with Gasteiger partial charge in [-0.25, -0.2) is 0 Å². The van der Waals surface area contributed by atoms with E-state index in [1.165, 1.54) is 21.9 Å². The lowest BCUT2D eigenvalue weighted by Crippen LogP contribution is -2.22. The first-order valence-electron chi connectivity index (χ1n) is 10.2. The second kappa shape index (κ2) is 10.1. The highest BCUT2D eigenvalue weighted by Crippen LogP contribution is 2.24. The molecule has 3 aromatic carbocycles. The Kier molecular flexibility index (Phi) is 7.25. The molecule has 0 aliphatic heterocycles. The first-order valence-corrected chi connectivity index (χ1v) is 10.2. The molecule has 1 unspecified atom stereocenters. The van der Waals surface area contributed by atoms with Gasteiger partial charge in [0.25, 0.3) is 0 Å². The van der Waals surface area contributed by atoms with Crippen LogP contribution < -0.4 is 5.32 Å². The van der Waals surface area contributed by atoms with Gasteiger partial charge in [0.2, 0.25) is 0 Å². The maximum atomic E-state index is 3.67. The predicted molar refractivity (Wildman–Crippen MR) is 120 cm³/mol. The summed E-state index contributed by atoms with van der Waals surface area (Å²) in [6, 6.07) is 23.9. The SMILES string of the molecule is CCN(CC)CC#Cc1cccc(CNC(C)c2cccc3ccccc23)c1. The summed E-state index contributed by atoms with van der Waals surface area (Å²) in [5, 5.41) is 6.28. The lowest BCUT2D eigenvalue weighted by Gasteiger charge is -2.17. The fraction of sp³-hybridized carbons (Fsp3) is 0.308. The summed E-state index contributed by atoms with van der Waals surface area (Å²) < 4.78 is 0. The van der Waals surface area contributed by atoms with Crippen molar-refractivity contribution in [3.05, 3.63) is 83.4 Å². The van der Waals surface area contributed by atoms with Gasteiger partial charge in [0.05, 0.1) is 6.54 Å². The van der Waals surface area contributed by atoms with Crippen LogP contribution in [0.5, 0.6) is 0 Å². The molecule has 0 fully saturated rings. The van der Waals surface area contributed by atoms with E-state index in [-0.39, 0.29) is 6.04 Å². The van der Waals surface area contributed by atoms with Crippen LogP contribution in [0.25, 0.3) is 10.8 Å². The van der Waals surface area contributed by atoms with Gasteiger partial charge >= 0.3 is 0 Å². The van der Waals surface area contributed by atoms with Gasteiger partial charge in [-0.2, -0.15) is 0 Å². The van der Waals surface area contributed by atoms with Crippen LogP contribution in [-0.4, -0.2) is 24.5 Å². The summed E-state index contributed by atoms with van der Waals surface area (Å²) in [6.45, 7) is 10.3. The summed E-state index contributed by atoms with van der Waals surface area (Å²) in [6.07, 6.45) is 0. The Hall–Kier alpha value is -2.60. The van der Waals surface area contributed by atoms with Crippen LogP contribution >= 0.6 is 0 Å². The molecular weight excluding hydrogens is 340 g/mol. The highest BCUT2D eigenvalue weighted by Gasteiger charge is 2.08. The molecule has 144 valence electrons. The molecule has 1 N–H and O–H groups in total. The maximum absolute atomic E-state index is 3.67. The number of benzene rings is 3. The lowest BCUT2D eigenvalue weighted by molar-refractivity contribution is 0.342. The van der Waals surface area contributed by atoms with E-state index in [2.05, 4.69) is 110 Å². The Labute approximate surface area is 169 Å². The molecule has 0 aliphatic carbocycles. The Balaban J connectivity index is 1.65. The third-order valence-corrected chi connectivity index (χ3v) is 5.26. The van der Waals surface area contributed by atoms with Crippen molar-refractivity contribution in [3.8, 4) is 11.8 Å². The number of hydrogen-bond acceptors (Lipinski definition) is 2. The zero-order chi connectivity index (χ0) is 19.8. The second-order valence-electron chi connectivity index (χ2n) is 7.13. The summed E-state index contributed by atoms with van der Waals surface area (Å²) in [5.74, 6) is 6.61. The summed E-state index contributed by atoms with van der Waals surface area (Å²) in [7, 11) is 0. The van der Waals surface area contributed by atoms with E-state index < -0.39 is 0 Å². The molecule has 0 saturated heterocycles. The zero-order valence-corrected chi connectivity index (χ0v) is 17.2. The standard InChI is InChI=1S/C26H30N2/c1-4-28(5-2)18-10-13-22-11-8-12-23(19-22)20-27-21(3)25-17-9-15-24-14-6-7-16-26(24)25/h6-9,11-12,14-17,19,21,27H,4-5,18,20H2,1-3H3. The van der Waals surface area contributed by atoms with E-state index in [9.17, 15) is 0 Å². The highest BCUT2D eigenvalue weighted by molar-refractivity contribution is 5.86. The average molecular weight is 371 g/mol. The van der Waals surface area contributed by atoms with Crippen molar-refractivity contribution in [1.82, 2.24) is 10.2 Å². The van der Waals surface area contributed by atoms with Crippen molar-refractivity contribution in [2.24, 2.45) is 0 Å². The topological polar surface area (TPSA) is 15.3 Å². The van der Waals surface area contributed by atoms with Crippen LogP contribution in [0.4, 0.5) is 0 Å². The number of nitrogens with one attached hydrogen (secondary N) is 1. The number of fused-ring (bicyclic) bond motifs is 1. The predicted octanol–water partition coefficient (Wildman–Crippen LogP) is 5.38. The highest BCUT2D eigenvalue weighted by atomic mass is 15.1. The fourth-order valence-corrected chi connectivity index (χ4v) is 3.47. The average Bonchev–Trinajstić information content (AvgIpc) is 2.75. The molecule has 0 bridgehead atoms. The number of hydrogen-bond donors (Lipinski definition) is 1. The van der Waals surface area contributed by atoms with Crippen molar-refractivity contribution < 1.29 is 0 Å². The molecule has 2 nitrogen and oxygen atoms in total. The van der Waals surface area contributed by atoms with Gasteiger partial charge < -0.3 is 5.32 Å². The largest absolute Gasteiger partial charge is 0.306 e. The molecule has 0 aromatic heterocycles. The number of rotatable bonds is 7. The molecule has 3 aromatic rings. The van der Waals surface area contributed by atoms with E-state index >= 15 is 0 Å². The third kappa shape index (κ3) is 5.23. The van der Waals surface area contributed by atoms with Gasteiger partial charge in [-0.1, -0.05) is 80.3 Å². The minimum Gasteiger partial charge on any atom is -0.306 e. The monoisotopic (exact) mass is 370 g/mol. The van der Waals surface area contributed by atoms with Crippen LogP contribution in [0.2, 0.25) is 0 Å². The Bertz CT molecular complexity index is 955. The summed E-state index contributed by atoms with van der Waals surface area (Å²) >= 11 is 0. The molecule has 0 amide bonds. The van der Waals surface area contributed by atoms with E-state index in [0.29, 0.717) is 0 Å². The zero-order valence-electron chi connectivity index (χ0n) is 17.2. The normalized spacial score (nSPS) is 12.0. The van der Waals surface area contributed by atoms with Crippen molar-refractivity contribution in [3.63, 3.8) is 0 Å². The van der Waals surface area contributed by atoms with E-state index in [1.807, 2.05) is 0 Å². The minimum absolute atomic E-state index is 0.281. The maximum Gasteiger partial charge on any atom is 0.0605 e. The smallest absolute Gasteiger partial charge is 0.0605 e. The van der Waals surface area contributed by atoms with E-state index in [1.54, 1.807) is 0 Å². The molecule has 0 saturated carbocycles. The Morgan fingerprint density at radius 3 is 2.50 bits per heavy atom. The van der Waals surface area contributed by atoms with E-state index in [4.69, 9.17) is 0 Å². The van der Waals surface area contributed by atoms with Crippen LogP contribution in [0.1, 0.15) is 43.5 Å². The molecule has 3 rings (SSSR count). The van der Waals surface area contributed by atoms with Gasteiger partial charge in [-0.3, -0.25) is 4.90 Å². The van der Waals surface area contributed by atoms with Gasteiger partial charge in [0.1, 0.15) is 0 Å². The molecule has 1 atom stereocenters. The molecule has 0 heterocycles. The van der Waals surface area contributed by atoms with E-state index in [0.717, 1.165) is 31.7 Å². The van der Waals surface area contributed by atoms with Crippen molar-refractivity contribution >= 4 is 10.8 Å². The van der Waals surface area contributed by atoms with Crippen molar-refractivity contribution in [2.75, 3.05) is 19.6 Å². The molecule has 0 aliphatic rings. The van der Waals surface area contributed by atoms with Crippen LogP contribution in [-0.2, 0) is 6.54 Å². The van der Waals surface area contributed by atoms with Gasteiger partial charge in [0.15, 0.2) is 0 Å². The van der Waals surface area contributed by atoms with Gasteiger partial charge in [-0.15, -0.1) is 0 Å². The van der Waals surface area contributed by atoms with Crippen LogP contribution in [0.3, 0.4) is 0 Å². The molecule has 2 heteroatoms. The molecule has 28 heavy (non-hydrogen) atoms. The van der Waals surface area contributed by atoms with Crippen molar-refractivity contribution in [2.45, 2.75) is 33.4 Å². The first kappa shape index (κ1) is 20.1. The van der Waals surface area contributed by atoms with Crippen LogP contribution in [0, 0.1) is 11.8 Å². The number of nitrogens with zero attached hydrogens (tertiary/aromatic N) is 1. The third-order valence-electron chi connectivity index (χ3n) is 5.26. The summed E-state index contributed by atoms with van der Waals surface area (Å²) in [5.41, 5.74) is 3.69.